The normalized spacial score (nSPS) is 18.2. The molecule has 3 atom stereocenters. The lowest BCUT2D eigenvalue weighted by atomic mass is 10.0. The van der Waals surface area contributed by atoms with E-state index in [2.05, 4.69) is 83.7 Å². The fourth-order valence-electron chi connectivity index (χ4n) is 6.52. The number of carbonyl (C=O) groups is 2. The second-order valence-corrected chi connectivity index (χ2v) is 12.4. The molecule has 2 N–H and O–H groups in total. The molecule has 234 valence electrons. The molecular weight excluding hydrogens is 570 g/mol. The quantitative estimate of drug-likeness (QED) is 0.295. The van der Waals surface area contributed by atoms with Crippen LogP contribution in [0.15, 0.2) is 72.8 Å². The third kappa shape index (κ3) is 7.88. The Hall–Kier alpha value is -3.23. The molecule has 2 amide bonds. The molecule has 2 aliphatic heterocycles. The van der Waals surface area contributed by atoms with Crippen molar-refractivity contribution in [2.75, 3.05) is 45.8 Å². The van der Waals surface area contributed by atoms with Gasteiger partial charge in [-0.05, 0) is 48.3 Å². The second kappa shape index (κ2) is 15.2. The van der Waals surface area contributed by atoms with E-state index in [-0.39, 0.29) is 23.9 Å². The Morgan fingerprint density at radius 3 is 2.34 bits per heavy atom. The van der Waals surface area contributed by atoms with Crippen LogP contribution in [0.4, 0.5) is 0 Å². The van der Waals surface area contributed by atoms with Crippen LogP contribution in [0.2, 0.25) is 5.02 Å². The zero-order valence-corrected chi connectivity index (χ0v) is 27.0. The summed E-state index contributed by atoms with van der Waals surface area (Å²) >= 11 is 6.70. The van der Waals surface area contributed by atoms with Gasteiger partial charge in [-0.1, -0.05) is 97.7 Å². The van der Waals surface area contributed by atoms with Gasteiger partial charge in [-0.3, -0.25) is 14.5 Å². The lowest BCUT2D eigenvalue weighted by molar-refractivity contribution is -0.138. The Kier molecular flexibility index (Phi) is 11.1. The first-order valence-corrected chi connectivity index (χ1v) is 16.4. The Balaban J connectivity index is 1.27. The molecular formula is C36H46ClN5O2. The summed E-state index contributed by atoms with van der Waals surface area (Å²) in [5, 5.41) is 7.37. The van der Waals surface area contributed by atoms with Gasteiger partial charge in [0.1, 0.15) is 6.04 Å². The van der Waals surface area contributed by atoms with Gasteiger partial charge in [0.2, 0.25) is 11.8 Å². The maximum Gasteiger partial charge on any atom is 0.245 e. The van der Waals surface area contributed by atoms with Crippen LogP contribution in [-0.4, -0.2) is 78.4 Å². The maximum absolute atomic E-state index is 14.1. The van der Waals surface area contributed by atoms with E-state index in [0.717, 1.165) is 61.0 Å². The van der Waals surface area contributed by atoms with E-state index in [1.165, 1.54) is 11.1 Å². The molecule has 5 rings (SSSR count). The highest BCUT2D eigenvalue weighted by molar-refractivity contribution is 6.31. The van der Waals surface area contributed by atoms with Crippen molar-refractivity contribution in [3.8, 4) is 0 Å². The van der Waals surface area contributed by atoms with Gasteiger partial charge in [0.15, 0.2) is 0 Å². The van der Waals surface area contributed by atoms with Crippen LogP contribution in [0, 0.1) is 6.92 Å². The molecule has 0 aromatic heterocycles. The molecule has 1 saturated heterocycles. The summed E-state index contributed by atoms with van der Waals surface area (Å²) < 4.78 is 0. The number of likely N-dealkylation sites (N-methyl/N-ethyl adjacent to an activating group) is 1. The zero-order chi connectivity index (χ0) is 31.1. The molecule has 7 nitrogen and oxygen atoms in total. The number of piperazine rings is 1. The lowest BCUT2D eigenvalue weighted by Crippen LogP contribution is -2.56. The van der Waals surface area contributed by atoms with Gasteiger partial charge >= 0.3 is 0 Å². The number of rotatable bonds is 12. The number of aryl methyl sites for hydroxylation is 1. The van der Waals surface area contributed by atoms with E-state index >= 15 is 0 Å². The van der Waals surface area contributed by atoms with Crippen LogP contribution in [-0.2, 0) is 22.6 Å². The highest BCUT2D eigenvalue weighted by Crippen LogP contribution is 2.30. The topological polar surface area (TPSA) is 67.9 Å². The molecule has 2 aliphatic rings. The maximum atomic E-state index is 14.1. The first kappa shape index (κ1) is 32.2. The van der Waals surface area contributed by atoms with E-state index in [1.54, 1.807) is 0 Å². The Morgan fingerprint density at radius 1 is 0.955 bits per heavy atom. The van der Waals surface area contributed by atoms with Crippen molar-refractivity contribution >= 4 is 23.4 Å². The Bertz CT molecular complexity index is 1400. The summed E-state index contributed by atoms with van der Waals surface area (Å²) in [7, 11) is 0. The molecule has 1 fully saturated rings. The van der Waals surface area contributed by atoms with Crippen molar-refractivity contribution in [3.05, 3.63) is 106 Å². The molecule has 0 aliphatic carbocycles. The van der Waals surface area contributed by atoms with Gasteiger partial charge in [0.05, 0.1) is 0 Å². The number of hydrogen-bond acceptors (Lipinski definition) is 5. The Labute approximate surface area is 267 Å². The van der Waals surface area contributed by atoms with Crippen molar-refractivity contribution in [2.45, 2.75) is 58.3 Å². The summed E-state index contributed by atoms with van der Waals surface area (Å²) in [5.74, 6) is -0.127. The van der Waals surface area contributed by atoms with Crippen LogP contribution in [0.3, 0.4) is 0 Å². The molecule has 2 heterocycles. The first-order chi connectivity index (χ1) is 21.4. The number of nitrogens with one attached hydrogen (secondary N) is 2. The molecule has 0 spiro atoms. The molecule has 0 saturated carbocycles. The highest BCUT2D eigenvalue weighted by Gasteiger charge is 2.33. The largest absolute Gasteiger partial charge is 0.344 e. The number of amides is 2. The predicted octanol–water partition coefficient (Wildman–Crippen LogP) is 5.14. The van der Waals surface area contributed by atoms with E-state index in [9.17, 15) is 9.59 Å². The minimum absolute atomic E-state index is 0.0172. The van der Waals surface area contributed by atoms with Crippen LogP contribution in [0.5, 0.6) is 0 Å². The average molecular weight is 616 g/mol. The summed E-state index contributed by atoms with van der Waals surface area (Å²) in [5.41, 5.74) is 5.73. The smallest absolute Gasteiger partial charge is 0.245 e. The molecule has 3 unspecified atom stereocenters. The van der Waals surface area contributed by atoms with E-state index < -0.39 is 6.04 Å². The molecule has 8 heteroatoms. The van der Waals surface area contributed by atoms with Crippen molar-refractivity contribution in [1.82, 2.24) is 25.3 Å². The van der Waals surface area contributed by atoms with Gasteiger partial charge in [-0.15, -0.1) is 0 Å². The molecule has 0 radical (unpaired) electrons. The third-order valence-electron chi connectivity index (χ3n) is 9.21. The van der Waals surface area contributed by atoms with Crippen LogP contribution in [0.1, 0.15) is 60.2 Å². The summed E-state index contributed by atoms with van der Waals surface area (Å²) in [6.07, 6.45) is 0.761. The summed E-state index contributed by atoms with van der Waals surface area (Å²) in [4.78, 5) is 34.3. The number of hydrogen-bond donors (Lipinski definition) is 2. The summed E-state index contributed by atoms with van der Waals surface area (Å²) in [6, 6.07) is 24.0. The third-order valence-corrected chi connectivity index (χ3v) is 9.55. The van der Waals surface area contributed by atoms with E-state index in [0.29, 0.717) is 25.9 Å². The predicted molar refractivity (Wildman–Crippen MR) is 178 cm³/mol. The van der Waals surface area contributed by atoms with Gasteiger partial charge in [0.25, 0.3) is 0 Å². The molecule has 3 aromatic carbocycles. The Morgan fingerprint density at radius 2 is 1.64 bits per heavy atom. The van der Waals surface area contributed by atoms with Crippen LogP contribution >= 0.6 is 11.6 Å². The first-order valence-electron chi connectivity index (χ1n) is 16.0. The van der Waals surface area contributed by atoms with Gasteiger partial charge in [-0.2, -0.15) is 0 Å². The number of nitrogens with zero attached hydrogens (tertiary/aromatic N) is 3. The number of benzene rings is 3. The van der Waals surface area contributed by atoms with Crippen LogP contribution < -0.4 is 10.6 Å². The minimum Gasteiger partial charge on any atom is -0.344 e. The minimum atomic E-state index is -0.622. The van der Waals surface area contributed by atoms with Gasteiger partial charge in [-0.25, -0.2) is 0 Å². The summed E-state index contributed by atoms with van der Waals surface area (Å²) in [6.45, 7) is 12.7. The lowest BCUT2D eigenvalue weighted by Gasteiger charge is -2.42. The zero-order valence-electron chi connectivity index (χ0n) is 26.3. The fourth-order valence-corrected chi connectivity index (χ4v) is 6.78. The van der Waals surface area contributed by atoms with Gasteiger partial charge in [0, 0.05) is 69.2 Å². The van der Waals surface area contributed by atoms with Crippen molar-refractivity contribution < 1.29 is 9.59 Å². The number of halogens is 1. The molecule has 3 aromatic rings. The van der Waals surface area contributed by atoms with Crippen molar-refractivity contribution in [3.63, 3.8) is 0 Å². The monoisotopic (exact) mass is 615 g/mol. The molecule has 0 bridgehead atoms. The fraction of sp³-hybridized carbons (Fsp3) is 0.444. The van der Waals surface area contributed by atoms with Gasteiger partial charge < -0.3 is 20.4 Å². The van der Waals surface area contributed by atoms with Crippen molar-refractivity contribution in [2.24, 2.45) is 0 Å². The standard InChI is InChI=1S/C36H46ClN5O2/c1-4-40(5-2)25-34(30-12-8-9-13-31(30)37)41-18-20-42(21-19-41)36(44)33(22-27-16-14-26(3)15-17-27)39-35(43)23-32-29-11-7-6-10-28(29)24-38-32/h6-17,32-34,38H,4-5,18-25H2,1-3H3,(H,39,43). The highest BCUT2D eigenvalue weighted by atomic mass is 35.5. The van der Waals surface area contributed by atoms with Crippen LogP contribution in [0.25, 0.3) is 0 Å². The SMILES string of the molecule is CCN(CC)CC(c1ccccc1Cl)N1CCN(C(=O)C(Cc2ccc(C)cc2)NC(=O)CC2NCc3ccccc32)CC1. The van der Waals surface area contributed by atoms with Crippen molar-refractivity contribution in [1.29, 1.82) is 0 Å². The van der Waals surface area contributed by atoms with E-state index in [4.69, 9.17) is 11.6 Å². The number of carbonyl (C=O) groups excluding carboxylic acids is 2. The number of fused-ring (bicyclic) bond motifs is 1. The molecule has 44 heavy (non-hydrogen) atoms. The average Bonchev–Trinajstić information content (AvgIpc) is 3.45. The van der Waals surface area contributed by atoms with E-state index in [1.807, 2.05) is 35.2 Å². The second-order valence-electron chi connectivity index (χ2n) is 12.0.